The number of ether oxygens (including phenoxy) is 1. The highest BCUT2D eigenvalue weighted by Gasteiger charge is 2.36. The van der Waals surface area contributed by atoms with Crippen molar-refractivity contribution in [2.45, 2.75) is 38.1 Å². The lowest BCUT2D eigenvalue weighted by Crippen LogP contribution is -2.47. The van der Waals surface area contributed by atoms with Crippen molar-refractivity contribution in [3.8, 4) is 0 Å². The molecule has 0 radical (unpaired) electrons. The molecule has 0 N–H and O–H groups in total. The van der Waals surface area contributed by atoms with E-state index in [0.717, 1.165) is 6.42 Å². The van der Waals surface area contributed by atoms with Crippen molar-refractivity contribution in [2.75, 3.05) is 20.3 Å². The highest BCUT2D eigenvalue weighted by molar-refractivity contribution is 5.77. The molecule has 0 unspecified atom stereocenters. The highest BCUT2D eigenvalue weighted by atomic mass is 16.5. The van der Waals surface area contributed by atoms with Gasteiger partial charge < -0.3 is 14.2 Å². The van der Waals surface area contributed by atoms with Crippen molar-refractivity contribution in [1.82, 2.24) is 15.0 Å². The van der Waals surface area contributed by atoms with Gasteiger partial charge in [-0.1, -0.05) is 42.4 Å². The van der Waals surface area contributed by atoms with Gasteiger partial charge in [-0.15, -0.1) is 0 Å². The van der Waals surface area contributed by atoms with Crippen LogP contribution in [0.4, 0.5) is 0 Å². The molecule has 24 heavy (non-hydrogen) atoms. The van der Waals surface area contributed by atoms with Crippen molar-refractivity contribution < 1.29 is 14.1 Å². The van der Waals surface area contributed by atoms with E-state index >= 15 is 0 Å². The number of carbonyl (C=O) groups excluding carboxylic acids is 1. The Morgan fingerprint density at radius 1 is 1.33 bits per heavy atom. The molecule has 0 aliphatic carbocycles. The second-order valence-electron chi connectivity index (χ2n) is 6.52. The third-order valence-corrected chi connectivity index (χ3v) is 4.62. The number of methoxy groups -OCH3 is 1. The predicted octanol–water partition coefficient (Wildman–Crippen LogP) is 2.34. The zero-order chi connectivity index (χ0) is 17.0. The summed E-state index contributed by atoms with van der Waals surface area (Å²) in [5, 5.41) is 3.98. The quantitative estimate of drug-likeness (QED) is 0.813. The number of carbonyl (C=O) groups is 1. The zero-order valence-corrected chi connectivity index (χ0v) is 14.2. The predicted molar refractivity (Wildman–Crippen MR) is 88.3 cm³/mol. The first-order chi connectivity index (χ1) is 11.6. The van der Waals surface area contributed by atoms with Crippen molar-refractivity contribution in [1.29, 1.82) is 0 Å². The second-order valence-corrected chi connectivity index (χ2v) is 6.52. The molecule has 1 fully saturated rings. The fourth-order valence-corrected chi connectivity index (χ4v) is 3.17. The van der Waals surface area contributed by atoms with Gasteiger partial charge in [0.15, 0.2) is 5.82 Å². The summed E-state index contributed by atoms with van der Waals surface area (Å²) < 4.78 is 10.2. The molecule has 1 amide bonds. The van der Waals surface area contributed by atoms with Crippen LogP contribution in [0, 0.1) is 0 Å². The van der Waals surface area contributed by atoms with E-state index in [9.17, 15) is 4.79 Å². The lowest BCUT2D eigenvalue weighted by Gasteiger charge is -2.40. The SMILES string of the molecule is COCCc1nc(CN2C[C@](C)(c3ccccc3)CCC2=O)no1. The second kappa shape index (κ2) is 7.13. The minimum absolute atomic E-state index is 0.0439. The van der Waals surface area contributed by atoms with Crippen LogP contribution in [0.15, 0.2) is 34.9 Å². The van der Waals surface area contributed by atoms with Crippen LogP contribution in [-0.4, -0.2) is 41.2 Å². The zero-order valence-electron chi connectivity index (χ0n) is 14.2. The molecule has 0 saturated carbocycles. The first-order valence-corrected chi connectivity index (χ1v) is 8.24. The number of aromatic nitrogens is 2. The van der Waals surface area contributed by atoms with Gasteiger partial charge in [0.2, 0.25) is 11.8 Å². The van der Waals surface area contributed by atoms with E-state index in [1.165, 1.54) is 5.56 Å². The topological polar surface area (TPSA) is 68.5 Å². The van der Waals surface area contributed by atoms with Crippen molar-refractivity contribution in [2.24, 2.45) is 0 Å². The lowest BCUT2D eigenvalue weighted by atomic mass is 9.76. The number of nitrogens with zero attached hydrogens (tertiary/aromatic N) is 3. The molecule has 0 bridgehead atoms. The molecular formula is C18H23N3O3. The van der Waals surface area contributed by atoms with Gasteiger partial charge in [0.05, 0.1) is 19.6 Å². The number of likely N-dealkylation sites (tertiary alicyclic amines) is 1. The fourth-order valence-electron chi connectivity index (χ4n) is 3.17. The Hall–Kier alpha value is -2.21. The van der Waals surface area contributed by atoms with Gasteiger partial charge in [-0.2, -0.15) is 4.98 Å². The first-order valence-electron chi connectivity index (χ1n) is 8.24. The first kappa shape index (κ1) is 16.6. The largest absolute Gasteiger partial charge is 0.384 e. The van der Waals surface area contributed by atoms with Crippen LogP contribution in [0.3, 0.4) is 0 Å². The van der Waals surface area contributed by atoms with E-state index in [1.807, 2.05) is 23.1 Å². The molecule has 0 spiro atoms. The maximum Gasteiger partial charge on any atom is 0.229 e. The molecule has 1 aliphatic rings. The summed E-state index contributed by atoms with van der Waals surface area (Å²) in [4.78, 5) is 18.5. The molecule has 1 atom stereocenters. The summed E-state index contributed by atoms with van der Waals surface area (Å²) in [7, 11) is 1.63. The third-order valence-electron chi connectivity index (χ3n) is 4.62. The van der Waals surface area contributed by atoms with Crippen LogP contribution in [0.1, 0.15) is 37.0 Å². The van der Waals surface area contributed by atoms with E-state index in [4.69, 9.17) is 9.26 Å². The number of rotatable bonds is 6. The minimum atomic E-state index is -0.0439. The molecule has 1 saturated heterocycles. The van der Waals surface area contributed by atoms with Gasteiger partial charge >= 0.3 is 0 Å². The van der Waals surface area contributed by atoms with Crippen LogP contribution in [0.2, 0.25) is 0 Å². The number of benzene rings is 1. The summed E-state index contributed by atoms with van der Waals surface area (Å²) >= 11 is 0. The van der Waals surface area contributed by atoms with E-state index in [2.05, 4.69) is 29.2 Å². The average Bonchev–Trinajstić information content (AvgIpc) is 3.05. The number of hydrogen-bond acceptors (Lipinski definition) is 5. The van der Waals surface area contributed by atoms with E-state index in [0.29, 0.717) is 44.3 Å². The molecule has 1 aromatic heterocycles. The molecule has 6 nitrogen and oxygen atoms in total. The maximum absolute atomic E-state index is 12.3. The molecule has 3 rings (SSSR count). The van der Waals surface area contributed by atoms with E-state index in [-0.39, 0.29) is 11.3 Å². The molecule has 128 valence electrons. The molecule has 1 aliphatic heterocycles. The maximum atomic E-state index is 12.3. The summed E-state index contributed by atoms with van der Waals surface area (Å²) in [5.41, 5.74) is 1.22. The third kappa shape index (κ3) is 3.64. The molecule has 6 heteroatoms. The Morgan fingerprint density at radius 2 is 2.12 bits per heavy atom. The fraction of sp³-hybridized carbons (Fsp3) is 0.500. The Balaban J connectivity index is 1.70. The van der Waals surface area contributed by atoms with E-state index in [1.54, 1.807) is 7.11 Å². The summed E-state index contributed by atoms with van der Waals surface area (Å²) in [6.45, 7) is 3.80. The number of amides is 1. The van der Waals surface area contributed by atoms with Gasteiger partial charge in [-0.25, -0.2) is 0 Å². The van der Waals surface area contributed by atoms with Crippen molar-refractivity contribution in [3.05, 3.63) is 47.6 Å². The summed E-state index contributed by atoms with van der Waals surface area (Å²) in [6.07, 6.45) is 1.98. The molecule has 2 heterocycles. The molecule has 2 aromatic rings. The summed E-state index contributed by atoms with van der Waals surface area (Å²) in [5.74, 6) is 1.24. The van der Waals surface area contributed by atoms with Gasteiger partial charge in [-0.3, -0.25) is 4.79 Å². The van der Waals surface area contributed by atoms with Crippen LogP contribution >= 0.6 is 0 Å². The smallest absolute Gasteiger partial charge is 0.229 e. The van der Waals surface area contributed by atoms with Crippen LogP contribution in [0.5, 0.6) is 0 Å². The van der Waals surface area contributed by atoms with Gasteiger partial charge in [0.1, 0.15) is 0 Å². The standard InChI is InChI=1S/C18H23N3O3/c1-18(14-6-4-3-5-7-14)10-8-17(22)21(13-18)12-15-19-16(24-20-15)9-11-23-2/h3-7H,8-13H2,1-2H3/t18-/m1/s1. The Bertz CT molecular complexity index is 686. The van der Waals surface area contributed by atoms with Crippen molar-refractivity contribution >= 4 is 5.91 Å². The Labute approximate surface area is 141 Å². The van der Waals surface area contributed by atoms with Gasteiger partial charge in [-0.05, 0) is 12.0 Å². The highest BCUT2D eigenvalue weighted by Crippen LogP contribution is 2.34. The normalized spacial score (nSPS) is 21.2. The van der Waals surface area contributed by atoms with Crippen molar-refractivity contribution in [3.63, 3.8) is 0 Å². The van der Waals surface area contributed by atoms with Crippen LogP contribution in [-0.2, 0) is 27.9 Å². The molecule has 1 aromatic carbocycles. The molecular weight excluding hydrogens is 306 g/mol. The van der Waals surface area contributed by atoms with E-state index < -0.39 is 0 Å². The monoisotopic (exact) mass is 329 g/mol. The van der Waals surface area contributed by atoms with Crippen LogP contribution < -0.4 is 0 Å². The Morgan fingerprint density at radius 3 is 2.88 bits per heavy atom. The minimum Gasteiger partial charge on any atom is -0.384 e. The Kier molecular flexibility index (Phi) is 4.94. The van der Waals surface area contributed by atoms with Crippen LogP contribution in [0.25, 0.3) is 0 Å². The number of hydrogen-bond donors (Lipinski definition) is 0. The van der Waals surface area contributed by atoms with Gasteiger partial charge in [0, 0.05) is 25.5 Å². The average molecular weight is 329 g/mol. The van der Waals surface area contributed by atoms with Gasteiger partial charge in [0.25, 0.3) is 0 Å². The summed E-state index contributed by atoms with van der Waals surface area (Å²) in [6, 6.07) is 10.4. The number of piperidine rings is 1. The lowest BCUT2D eigenvalue weighted by molar-refractivity contribution is -0.136.